The number of hydrogen-bond acceptors (Lipinski definition) is 3. The summed E-state index contributed by atoms with van der Waals surface area (Å²) in [6.07, 6.45) is 1.75. The lowest BCUT2D eigenvalue weighted by Crippen LogP contribution is -2.43. The summed E-state index contributed by atoms with van der Waals surface area (Å²) in [4.78, 5) is 0.400. The number of hydrogen-bond donors (Lipinski definition) is 1. The molecule has 1 heterocycles. The minimum absolute atomic E-state index is 0.104. The van der Waals surface area contributed by atoms with E-state index in [1.807, 2.05) is 19.9 Å². The van der Waals surface area contributed by atoms with Gasteiger partial charge < -0.3 is 5.32 Å². The Morgan fingerprint density at radius 2 is 1.79 bits per heavy atom. The quantitative estimate of drug-likeness (QED) is 0.917. The average Bonchev–Trinajstić information content (AvgIpc) is 2.41. The zero-order valence-corrected chi connectivity index (χ0v) is 12.6. The Bertz CT molecular complexity index is 549. The van der Waals surface area contributed by atoms with Crippen LogP contribution in [0.3, 0.4) is 0 Å². The summed E-state index contributed by atoms with van der Waals surface area (Å²) in [6.45, 7) is 5.70. The van der Waals surface area contributed by atoms with Crippen molar-refractivity contribution in [1.29, 1.82) is 0 Å². The van der Waals surface area contributed by atoms with E-state index in [4.69, 9.17) is 0 Å². The number of benzene rings is 1. The van der Waals surface area contributed by atoms with E-state index in [2.05, 4.69) is 5.32 Å². The highest BCUT2D eigenvalue weighted by molar-refractivity contribution is 7.89. The molecule has 0 bridgehead atoms. The molecule has 19 heavy (non-hydrogen) atoms. The summed E-state index contributed by atoms with van der Waals surface area (Å²) < 4.78 is 26.7. The van der Waals surface area contributed by atoms with E-state index < -0.39 is 10.0 Å². The van der Waals surface area contributed by atoms with Crippen molar-refractivity contribution in [3.63, 3.8) is 0 Å². The van der Waals surface area contributed by atoms with E-state index in [0.717, 1.165) is 37.1 Å². The van der Waals surface area contributed by atoms with Crippen molar-refractivity contribution in [1.82, 2.24) is 9.62 Å². The molecule has 0 saturated carbocycles. The standard InChI is InChI=1S/C14H22N2O2S/c1-11-4-5-14(10-12(11)2)19(17,18)16(3)13-6-8-15-9-7-13/h4-5,10,13,15H,6-9H2,1-3H3. The second kappa shape index (κ2) is 5.61. The minimum Gasteiger partial charge on any atom is -0.317 e. The third-order valence-electron chi connectivity index (χ3n) is 3.98. The summed E-state index contributed by atoms with van der Waals surface area (Å²) in [5.74, 6) is 0. The van der Waals surface area contributed by atoms with Crippen molar-refractivity contribution in [3.8, 4) is 0 Å². The van der Waals surface area contributed by atoms with Crippen LogP contribution in [0.2, 0.25) is 0 Å². The van der Waals surface area contributed by atoms with Gasteiger partial charge >= 0.3 is 0 Å². The van der Waals surface area contributed by atoms with Crippen molar-refractivity contribution in [3.05, 3.63) is 29.3 Å². The molecule has 1 aromatic rings. The van der Waals surface area contributed by atoms with Gasteiger partial charge in [-0.1, -0.05) is 6.07 Å². The maximum absolute atomic E-state index is 12.6. The summed E-state index contributed by atoms with van der Waals surface area (Å²) in [6, 6.07) is 5.45. The first-order valence-corrected chi connectivity index (χ1v) is 8.13. The van der Waals surface area contributed by atoms with Crippen LogP contribution in [-0.2, 0) is 10.0 Å². The number of nitrogens with zero attached hydrogens (tertiary/aromatic N) is 1. The molecule has 5 heteroatoms. The van der Waals surface area contributed by atoms with Gasteiger partial charge in [0, 0.05) is 13.1 Å². The Kier molecular flexibility index (Phi) is 4.28. The van der Waals surface area contributed by atoms with Crippen molar-refractivity contribution in [2.45, 2.75) is 37.6 Å². The third kappa shape index (κ3) is 2.99. The molecule has 0 radical (unpaired) electrons. The van der Waals surface area contributed by atoms with Crippen LogP contribution in [0.1, 0.15) is 24.0 Å². The third-order valence-corrected chi connectivity index (χ3v) is 5.88. The molecule has 0 amide bonds. The van der Waals surface area contributed by atoms with E-state index >= 15 is 0 Å². The van der Waals surface area contributed by atoms with Gasteiger partial charge in [-0.3, -0.25) is 0 Å². The van der Waals surface area contributed by atoms with Crippen molar-refractivity contribution in [2.24, 2.45) is 0 Å². The van der Waals surface area contributed by atoms with E-state index in [1.165, 1.54) is 4.31 Å². The van der Waals surface area contributed by atoms with E-state index in [1.54, 1.807) is 19.2 Å². The molecule has 0 aliphatic carbocycles. The van der Waals surface area contributed by atoms with Gasteiger partial charge in [0.05, 0.1) is 4.90 Å². The molecule has 2 rings (SSSR count). The lowest BCUT2D eigenvalue weighted by atomic mass is 10.1. The molecule has 0 unspecified atom stereocenters. The van der Waals surface area contributed by atoms with Gasteiger partial charge in [0.25, 0.3) is 0 Å². The first-order chi connectivity index (χ1) is 8.93. The molecule has 1 aromatic carbocycles. The fourth-order valence-electron chi connectivity index (χ4n) is 2.41. The lowest BCUT2D eigenvalue weighted by molar-refractivity contribution is 0.296. The molecule has 1 fully saturated rings. The maximum Gasteiger partial charge on any atom is 0.243 e. The summed E-state index contributed by atoms with van der Waals surface area (Å²) in [5.41, 5.74) is 2.13. The van der Waals surface area contributed by atoms with Crippen LogP contribution in [-0.4, -0.2) is 38.9 Å². The Balaban J connectivity index is 2.27. The molecule has 1 saturated heterocycles. The van der Waals surface area contributed by atoms with Gasteiger partial charge in [0.2, 0.25) is 10.0 Å². The molecule has 106 valence electrons. The summed E-state index contributed by atoms with van der Waals surface area (Å²) in [5, 5.41) is 3.26. The molecule has 4 nitrogen and oxygen atoms in total. The van der Waals surface area contributed by atoms with Gasteiger partial charge in [-0.2, -0.15) is 4.31 Å². The Labute approximate surface area is 115 Å². The highest BCUT2D eigenvalue weighted by Crippen LogP contribution is 2.22. The van der Waals surface area contributed by atoms with Crippen molar-refractivity contribution < 1.29 is 8.42 Å². The maximum atomic E-state index is 12.6. The summed E-state index contributed by atoms with van der Waals surface area (Å²) in [7, 11) is -1.68. The van der Waals surface area contributed by atoms with E-state index in [-0.39, 0.29) is 6.04 Å². The van der Waals surface area contributed by atoms with E-state index in [9.17, 15) is 8.42 Å². The normalized spacial score (nSPS) is 17.9. The molecular weight excluding hydrogens is 260 g/mol. The second-order valence-corrected chi connectivity index (χ2v) is 7.25. The van der Waals surface area contributed by atoms with Crippen molar-refractivity contribution >= 4 is 10.0 Å². The van der Waals surface area contributed by atoms with Gasteiger partial charge in [-0.25, -0.2) is 8.42 Å². The number of aryl methyl sites for hydroxylation is 2. The Morgan fingerprint density at radius 3 is 2.37 bits per heavy atom. The molecule has 0 aromatic heterocycles. The van der Waals surface area contributed by atoms with Crippen LogP contribution >= 0.6 is 0 Å². The zero-order valence-electron chi connectivity index (χ0n) is 11.8. The van der Waals surface area contributed by atoms with Gasteiger partial charge in [0.1, 0.15) is 0 Å². The first kappa shape index (κ1) is 14.5. The van der Waals surface area contributed by atoms with Crippen LogP contribution in [0.15, 0.2) is 23.1 Å². The average molecular weight is 282 g/mol. The van der Waals surface area contributed by atoms with Crippen LogP contribution in [0.25, 0.3) is 0 Å². The molecule has 0 atom stereocenters. The number of rotatable bonds is 3. The molecule has 0 spiro atoms. The van der Waals surface area contributed by atoms with Crippen LogP contribution in [0.5, 0.6) is 0 Å². The highest BCUT2D eigenvalue weighted by atomic mass is 32.2. The minimum atomic E-state index is -3.37. The molecule has 1 aliphatic heterocycles. The van der Waals surface area contributed by atoms with Gasteiger partial charge in [-0.15, -0.1) is 0 Å². The number of piperidine rings is 1. The lowest BCUT2D eigenvalue weighted by Gasteiger charge is -2.31. The Hall–Kier alpha value is -0.910. The van der Waals surface area contributed by atoms with Crippen LogP contribution in [0.4, 0.5) is 0 Å². The predicted octanol–water partition coefficient (Wildman–Crippen LogP) is 1.68. The Morgan fingerprint density at radius 1 is 1.16 bits per heavy atom. The largest absolute Gasteiger partial charge is 0.317 e. The van der Waals surface area contributed by atoms with Gasteiger partial charge in [0.15, 0.2) is 0 Å². The highest BCUT2D eigenvalue weighted by Gasteiger charge is 2.28. The topological polar surface area (TPSA) is 49.4 Å². The van der Waals surface area contributed by atoms with Crippen molar-refractivity contribution in [2.75, 3.05) is 20.1 Å². The monoisotopic (exact) mass is 282 g/mol. The fraction of sp³-hybridized carbons (Fsp3) is 0.571. The SMILES string of the molecule is Cc1ccc(S(=O)(=O)N(C)C2CCNCC2)cc1C. The first-order valence-electron chi connectivity index (χ1n) is 6.69. The predicted molar refractivity (Wildman–Crippen MR) is 76.8 cm³/mol. The van der Waals surface area contributed by atoms with Crippen LogP contribution < -0.4 is 5.32 Å². The van der Waals surface area contributed by atoms with Gasteiger partial charge in [-0.05, 0) is 63.0 Å². The zero-order chi connectivity index (χ0) is 14.0. The molecular formula is C14H22N2O2S. The molecule has 1 aliphatic rings. The van der Waals surface area contributed by atoms with E-state index in [0.29, 0.717) is 4.90 Å². The number of sulfonamides is 1. The second-order valence-electron chi connectivity index (χ2n) is 5.25. The number of nitrogens with one attached hydrogen (secondary N) is 1. The summed E-state index contributed by atoms with van der Waals surface area (Å²) >= 11 is 0. The molecule has 1 N–H and O–H groups in total. The van der Waals surface area contributed by atoms with Crippen LogP contribution in [0, 0.1) is 13.8 Å². The fourth-order valence-corrected chi connectivity index (χ4v) is 3.91. The smallest absolute Gasteiger partial charge is 0.243 e.